The number of amides is 2. The maximum Gasteiger partial charge on any atom is 0.329 e. The summed E-state index contributed by atoms with van der Waals surface area (Å²) in [5.41, 5.74) is 2.00. The number of ketones is 1. The largest absolute Gasteiger partial charge is 0.456 e. The second kappa shape index (κ2) is 7.62. The summed E-state index contributed by atoms with van der Waals surface area (Å²) in [5.74, 6) is -2.24. The summed E-state index contributed by atoms with van der Waals surface area (Å²) in [6, 6.07) is 12.4. The summed E-state index contributed by atoms with van der Waals surface area (Å²) in [6.07, 6.45) is 0. The molecular formula is C23H23NO5. The van der Waals surface area contributed by atoms with E-state index in [1.54, 1.807) is 36.4 Å². The van der Waals surface area contributed by atoms with Gasteiger partial charge < -0.3 is 4.74 Å². The third-order valence-corrected chi connectivity index (χ3v) is 4.97. The Morgan fingerprint density at radius 2 is 1.45 bits per heavy atom. The summed E-state index contributed by atoms with van der Waals surface area (Å²) in [5, 5.41) is 0. The summed E-state index contributed by atoms with van der Waals surface area (Å²) in [4.78, 5) is 50.5. The fourth-order valence-corrected chi connectivity index (χ4v) is 3.16. The van der Waals surface area contributed by atoms with Crippen LogP contribution < -0.4 is 0 Å². The molecule has 1 aliphatic rings. The van der Waals surface area contributed by atoms with Crippen LogP contribution in [-0.4, -0.2) is 41.1 Å². The van der Waals surface area contributed by atoms with Gasteiger partial charge in [0.1, 0.15) is 6.04 Å². The topological polar surface area (TPSA) is 80.8 Å². The summed E-state index contributed by atoms with van der Waals surface area (Å²) >= 11 is 0. The van der Waals surface area contributed by atoms with Crippen LogP contribution in [0.1, 0.15) is 64.3 Å². The minimum atomic E-state index is -1.13. The number of ether oxygens (including phenoxy) is 1. The molecule has 2 aromatic rings. The molecule has 3 rings (SSSR count). The van der Waals surface area contributed by atoms with Crippen molar-refractivity contribution in [3.63, 3.8) is 0 Å². The molecule has 2 amide bonds. The number of nitrogens with zero attached hydrogens (tertiary/aromatic N) is 1. The Morgan fingerprint density at radius 1 is 0.931 bits per heavy atom. The van der Waals surface area contributed by atoms with Crippen LogP contribution in [0.2, 0.25) is 0 Å². The lowest BCUT2D eigenvalue weighted by molar-refractivity contribution is -0.146. The van der Waals surface area contributed by atoms with Gasteiger partial charge in [0.15, 0.2) is 12.4 Å². The first-order chi connectivity index (χ1) is 13.6. The lowest BCUT2D eigenvalue weighted by Gasteiger charge is -2.21. The van der Waals surface area contributed by atoms with Crippen molar-refractivity contribution < 1.29 is 23.9 Å². The number of fused-ring (bicyclic) bond motifs is 1. The predicted octanol–water partition coefficient (Wildman–Crippen LogP) is 3.39. The molecule has 0 fully saturated rings. The van der Waals surface area contributed by atoms with Crippen LogP contribution in [0.25, 0.3) is 0 Å². The van der Waals surface area contributed by atoms with E-state index in [1.165, 1.54) is 6.92 Å². The SMILES string of the molecule is C[C@H](C(=O)OCC(=O)c1ccc(C(C)(C)C)cc1)N1C(=O)c2ccccc2C1=O. The molecule has 150 valence electrons. The standard InChI is InChI=1S/C23H23NO5/c1-14(24-20(26)17-7-5-6-8-18(17)21(24)27)22(28)29-13-19(25)15-9-11-16(12-10-15)23(2,3)4/h5-12,14H,13H2,1-4H3/t14-/m1/s1. The van der Waals surface area contributed by atoms with Crippen LogP contribution >= 0.6 is 0 Å². The lowest BCUT2D eigenvalue weighted by atomic mass is 9.86. The van der Waals surface area contributed by atoms with Gasteiger partial charge in [0.2, 0.25) is 0 Å². The van der Waals surface area contributed by atoms with Crippen LogP contribution in [0, 0.1) is 0 Å². The molecule has 0 spiro atoms. The third kappa shape index (κ3) is 3.97. The highest BCUT2D eigenvalue weighted by Gasteiger charge is 2.41. The Kier molecular flexibility index (Phi) is 5.38. The van der Waals surface area contributed by atoms with Gasteiger partial charge in [0, 0.05) is 5.56 Å². The van der Waals surface area contributed by atoms with Crippen LogP contribution in [0.5, 0.6) is 0 Å². The lowest BCUT2D eigenvalue weighted by Crippen LogP contribution is -2.44. The molecule has 0 N–H and O–H groups in total. The maximum absolute atomic E-state index is 12.5. The van der Waals surface area contributed by atoms with Crippen LogP contribution in [-0.2, 0) is 14.9 Å². The van der Waals surface area contributed by atoms with Crippen molar-refractivity contribution in [3.8, 4) is 0 Å². The molecule has 6 nitrogen and oxygen atoms in total. The highest BCUT2D eigenvalue weighted by molar-refractivity contribution is 6.22. The highest BCUT2D eigenvalue weighted by Crippen LogP contribution is 2.25. The molecule has 0 aliphatic carbocycles. The van der Waals surface area contributed by atoms with Gasteiger partial charge in [-0.05, 0) is 30.0 Å². The first-order valence-corrected chi connectivity index (χ1v) is 9.38. The predicted molar refractivity (Wildman–Crippen MR) is 107 cm³/mol. The Morgan fingerprint density at radius 3 is 1.93 bits per heavy atom. The second-order valence-electron chi connectivity index (χ2n) is 8.06. The average Bonchev–Trinajstić information content (AvgIpc) is 2.95. The summed E-state index contributed by atoms with van der Waals surface area (Å²) in [7, 11) is 0. The molecule has 6 heteroatoms. The smallest absolute Gasteiger partial charge is 0.329 e. The Hall–Kier alpha value is -3.28. The number of rotatable bonds is 5. The quantitative estimate of drug-likeness (QED) is 0.442. The fourth-order valence-electron chi connectivity index (χ4n) is 3.16. The number of carbonyl (C=O) groups excluding carboxylic acids is 4. The van der Waals surface area contributed by atoms with E-state index in [0.717, 1.165) is 10.5 Å². The first kappa shape index (κ1) is 20.5. The monoisotopic (exact) mass is 393 g/mol. The van der Waals surface area contributed by atoms with Gasteiger partial charge in [0.05, 0.1) is 11.1 Å². The molecule has 0 saturated heterocycles. The van der Waals surface area contributed by atoms with Crippen molar-refractivity contribution >= 4 is 23.6 Å². The number of benzene rings is 2. The van der Waals surface area contributed by atoms with Crippen molar-refractivity contribution in [2.24, 2.45) is 0 Å². The number of Topliss-reactive ketones (excluding diaryl/α,β-unsaturated/α-hetero) is 1. The van der Waals surface area contributed by atoms with Crippen molar-refractivity contribution in [3.05, 3.63) is 70.8 Å². The molecule has 1 atom stereocenters. The molecule has 1 aliphatic heterocycles. The van der Waals surface area contributed by atoms with Crippen LogP contribution in [0.4, 0.5) is 0 Å². The van der Waals surface area contributed by atoms with Crippen molar-refractivity contribution in [2.75, 3.05) is 6.61 Å². The molecule has 2 aromatic carbocycles. The van der Waals surface area contributed by atoms with E-state index >= 15 is 0 Å². The van der Waals surface area contributed by atoms with E-state index in [2.05, 4.69) is 20.8 Å². The number of hydrogen-bond donors (Lipinski definition) is 0. The Balaban J connectivity index is 1.63. The normalized spacial score (nSPS) is 14.6. The van der Waals surface area contributed by atoms with Crippen LogP contribution in [0.3, 0.4) is 0 Å². The molecule has 0 bridgehead atoms. The number of esters is 1. The zero-order valence-corrected chi connectivity index (χ0v) is 16.9. The van der Waals surface area contributed by atoms with Crippen molar-refractivity contribution in [1.29, 1.82) is 0 Å². The van der Waals surface area contributed by atoms with Gasteiger partial charge in [-0.2, -0.15) is 0 Å². The zero-order chi connectivity index (χ0) is 21.3. The van der Waals surface area contributed by atoms with Gasteiger partial charge in [-0.15, -0.1) is 0 Å². The summed E-state index contributed by atoms with van der Waals surface area (Å²) < 4.78 is 5.09. The Labute approximate surface area is 169 Å². The summed E-state index contributed by atoms with van der Waals surface area (Å²) in [6.45, 7) is 7.18. The van der Waals surface area contributed by atoms with Gasteiger partial charge in [-0.1, -0.05) is 57.2 Å². The van der Waals surface area contributed by atoms with Gasteiger partial charge >= 0.3 is 5.97 Å². The van der Waals surface area contributed by atoms with E-state index in [1.807, 2.05) is 12.1 Å². The van der Waals surface area contributed by atoms with E-state index in [4.69, 9.17) is 4.74 Å². The van der Waals surface area contributed by atoms with E-state index in [0.29, 0.717) is 5.56 Å². The zero-order valence-electron chi connectivity index (χ0n) is 16.9. The minimum Gasteiger partial charge on any atom is -0.456 e. The minimum absolute atomic E-state index is 0.0319. The highest BCUT2D eigenvalue weighted by atomic mass is 16.5. The van der Waals surface area contributed by atoms with Gasteiger partial charge in [-0.25, -0.2) is 4.79 Å². The van der Waals surface area contributed by atoms with E-state index in [-0.39, 0.29) is 22.3 Å². The Bertz CT molecular complexity index is 950. The van der Waals surface area contributed by atoms with Crippen LogP contribution in [0.15, 0.2) is 48.5 Å². The molecular weight excluding hydrogens is 370 g/mol. The molecule has 1 heterocycles. The molecule has 0 radical (unpaired) electrons. The van der Waals surface area contributed by atoms with Crippen molar-refractivity contribution in [2.45, 2.75) is 39.2 Å². The van der Waals surface area contributed by atoms with Gasteiger partial charge in [-0.3, -0.25) is 19.3 Å². The molecule has 0 unspecified atom stereocenters. The average molecular weight is 393 g/mol. The first-order valence-electron chi connectivity index (χ1n) is 9.38. The number of hydrogen-bond acceptors (Lipinski definition) is 5. The molecule has 29 heavy (non-hydrogen) atoms. The van der Waals surface area contributed by atoms with Gasteiger partial charge in [0.25, 0.3) is 11.8 Å². The molecule has 0 saturated carbocycles. The maximum atomic E-state index is 12.5. The fraction of sp³-hybridized carbons (Fsp3) is 0.304. The molecule has 0 aromatic heterocycles. The van der Waals surface area contributed by atoms with E-state index in [9.17, 15) is 19.2 Å². The number of carbonyl (C=O) groups is 4. The third-order valence-electron chi connectivity index (χ3n) is 4.97. The van der Waals surface area contributed by atoms with Crippen molar-refractivity contribution in [1.82, 2.24) is 4.90 Å². The number of imide groups is 1. The van der Waals surface area contributed by atoms with E-state index < -0.39 is 30.4 Å². The second-order valence-corrected chi connectivity index (χ2v) is 8.06.